The summed E-state index contributed by atoms with van der Waals surface area (Å²) in [6.07, 6.45) is 2.87. The number of likely N-dealkylation sites (N-methyl/N-ethyl adjacent to an activating group) is 1. The van der Waals surface area contributed by atoms with Crippen molar-refractivity contribution >= 4 is 0 Å². The van der Waals surface area contributed by atoms with Gasteiger partial charge < -0.3 is 14.5 Å². The van der Waals surface area contributed by atoms with Gasteiger partial charge in [-0.3, -0.25) is 4.90 Å². The van der Waals surface area contributed by atoms with E-state index < -0.39 is 0 Å². The maximum absolute atomic E-state index is 5.39. The molecule has 1 saturated heterocycles. The highest BCUT2D eigenvalue weighted by molar-refractivity contribution is 5.02. The molecule has 0 aliphatic carbocycles. The second-order valence-corrected chi connectivity index (χ2v) is 4.69. The summed E-state index contributed by atoms with van der Waals surface area (Å²) in [6, 6.07) is 4.80. The summed E-state index contributed by atoms with van der Waals surface area (Å²) in [5.74, 6) is 0.997. The zero-order chi connectivity index (χ0) is 12.1. The lowest BCUT2D eigenvalue weighted by molar-refractivity contribution is 0.159. The second kappa shape index (κ2) is 6.19. The normalized spacial score (nSPS) is 22.2. The minimum Gasteiger partial charge on any atom is -0.468 e. The third-order valence-electron chi connectivity index (χ3n) is 3.41. The molecule has 0 aromatic carbocycles. The Morgan fingerprint density at radius 3 is 3.12 bits per heavy atom. The third kappa shape index (κ3) is 3.56. The van der Waals surface area contributed by atoms with Crippen molar-refractivity contribution < 1.29 is 9.15 Å². The molecule has 2 unspecified atom stereocenters. The molecule has 4 heteroatoms. The lowest BCUT2D eigenvalue weighted by atomic mass is 10.2. The first-order chi connectivity index (χ1) is 8.27. The van der Waals surface area contributed by atoms with Crippen molar-refractivity contribution in [2.24, 2.45) is 0 Å². The Morgan fingerprint density at radius 1 is 1.59 bits per heavy atom. The number of hydrogen-bond donors (Lipinski definition) is 1. The third-order valence-corrected chi connectivity index (χ3v) is 3.41. The van der Waals surface area contributed by atoms with Gasteiger partial charge in [-0.15, -0.1) is 0 Å². The first kappa shape index (κ1) is 12.6. The van der Waals surface area contributed by atoms with Crippen LogP contribution in [0.5, 0.6) is 0 Å². The van der Waals surface area contributed by atoms with Crippen molar-refractivity contribution in [1.29, 1.82) is 0 Å². The Balaban J connectivity index is 1.65. The summed E-state index contributed by atoms with van der Waals surface area (Å²) in [5.41, 5.74) is 0. The summed E-state index contributed by atoms with van der Waals surface area (Å²) in [4.78, 5) is 2.37. The van der Waals surface area contributed by atoms with Gasteiger partial charge in [-0.2, -0.15) is 0 Å². The molecule has 0 spiro atoms. The Hall–Kier alpha value is -0.840. The quantitative estimate of drug-likeness (QED) is 0.818. The maximum Gasteiger partial charge on any atom is 0.120 e. The average Bonchev–Trinajstić information content (AvgIpc) is 3.02. The fourth-order valence-corrected chi connectivity index (χ4v) is 2.15. The SMILES string of the molecule is CC(NCCN(C)C1CCOC1)c1ccco1. The Bertz CT molecular complexity index is 307. The molecule has 0 radical (unpaired) electrons. The highest BCUT2D eigenvalue weighted by Crippen LogP contribution is 2.12. The molecule has 1 aromatic heterocycles. The monoisotopic (exact) mass is 238 g/mol. The molecule has 1 aliphatic rings. The van der Waals surface area contributed by atoms with E-state index in [1.807, 2.05) is 12.1 Å². The number of nitrogens with zero attached hydrogens (tertiary/aromatic N) is 1. The Labute approximate surface area is 103 Å². The van der Waals surface area contributed by atoms with Crippen LogP contribution in [0.1, 0.15) is 25.1 Å². The Morgan fingerprint density at radius 2 is 2.47 bits per heavy atom. The van der Waals surface area contributed by atoms with Crippen LogP contribution in [-0.4, -0.2) is 44.3 Å². The molecule has 96 valence electrons. The summed E-state index contributed by atoms with van der Waals surface area (Å²) < 4.78 is 10.7. The van der Waals surface area contributed by atoms with Gasteiger partial charge in [-0.05, 0) is 32.5 Å². The molecule has 1 aliphatic heterocycles. The summed E-state index contributed by atoms with van der Waals surface area (Å²) in [6.45, 7) is 5.92. The van der Waals surface area contributed by atoms with E-state index in [9.17, 15) is 0 Å². The first-order valence-corrected chi connectivity index (χ1v) is 6.32. The number of rotatable bonds is 6. The molecular formula is C13H22N2O2. The molecule has 17 heavy (non-hydrogen) atoms. The fourth-order valence-electron chi connectivity index (χ4n) is 2.15. The van der Waals surface area contributed by atoms with Gasteiger partial charge in [-0.1, -0.05) is 0 Å². The van der Waals surface area contributed by atoms with Crippen molar-refractivity contribution in [3.63, 3.8) is 0 Å². The zero-order valence-electron chi connectivity index (χ0n) is 10.7. The van der Waals surface area contributed by atoms with Gasteiger partial charge in [0.25, 0.3) is 0 Å². The minimum atomic E-state index is 0.276. The van der Waals surface area contributed by atoms with Gasteiger partial charge in [0.05, 0.1) is 18.9 Å². The molecule has 0 bridgehead atoms. The van der Waals surface area contributed by atoms with Crippen molar-refractivity contribution in [2.75, 3.05) is 33.4 Å². The van der Waals surface area contributed by atoms with Crippen LogP contribution in [0.4, 0.5) is 0 Å². The molecule has 1 aromatic rings. The molecule has 2 atom stereocenters. The van der Waals surface area contributed by atoms with Crippen molar-refractivity contribution in [1.82, 2.24) is 10.2 Å². The predicted molar refractivity (Wildman–Crippen MR) is 67.0 cm³/mol. The second-order valence-electron chi connectivity index (χ2n) is 4.69. The van der Waals surface area contributed by atoms with Crippen LogP contribution in [0.15, 0.2) is 22.8 Å². The molecular weight excluding hydrogens is 216 g/mol. The predicted octanol–water partition coefficient (Wildman–Crippen LogP) is 1.65. The van der Waals surface area contributed by atoms with Gasteiger partial charge in [0.1, 0.15) is 5.76 Å². The summed E-state index contributed by atoms with van der Waals surface area (Å²) in [5, 5.41) is 3.46. The number of nitrogens with one attached hydrogen (secondary N) is 1. The van der Waals surface area contributed by atoms with Crippen LogP contribution in [0.2, 0.25) is 0 Å². The average molecular weight is 238 g/mol. The van der Waals surface area contributed by atoms with Crippen molar-refractivity contribution in [3.05, 3.63) is 24.2 Å². The van der Waals surface area contributed by atoms with E-state index in [-0.39, 0.29) is 6.04 Å². The van der Waals surface area contributed by atoms with Crippen molar-refractivity contribution in [3.8, 4) is 0 Å². The highest BCUT2D eigenvalue weighted by atomic mass is 16.5. The lowest BCUT2D eigenvalue weighted by Gasteiger charge is -2.23. The fraction of sp³-hybridized carbons (Fsp3) is 0.692. The number of ether oxygens (including phenoxy) is 1. The number of furan rings is 1. The van der Waals surface area contributed by atoms with E-state index in [1.165, 1.54) is 0 Å². The van der Waals surface area contributed by atoms with E-state index in [0.717, 1.165) is 38.5 Å². The molecule has 2 heterocycles. The molecule has 4 nitrogen and oxygen atoms in total. The van der Waals surface area contributed by atoms with Gasteiger partial charge in [0, 0.05) is 25.7 Å². The minimum absolute atomic E-state index is 0.276. The number of hydrogen-bond acceptors (Lipinski definition) is 4. The van der Waals surface area contributed by atoms with Gasteiger partial charge in [0.2, 0.25) is 0 Å². The first-order valence-electron chi connectivity index (χ1n) is 6.32. The van der Waals surface area contributed by atoms with Crippen LogP contribution < -0.4 is 5.32 Å². The lowest BCUT2D eigenvalue weighted by Crippen LogP contribution is -2.37. The zero-order valence-corrected chi connectivity index (χ0v) is 10.7. The van der Waals surface area contributed by atoms with Gasteiger partial charge >= 0.3 is 0 Å². The van der Waals surface area contributed by atoms with E-state index in [4.69, 9.17) is 9.15 Å². The topological polar surface area (TPSA) is 37.6 Å². The van der Waals surface area contributed by atoms with Crippen LogP contribution >= 0.6 is 0 Å². The van der Waals surface area contributed by atoms with E-state index in [0.29, 0.717) is 6.04 Å². The van der Waals surface area contributed by atoms with Crippen molar-refractivity contribution in [2.45, 2.75) is 25.4 Å². The molecule has 2 rings (SSSR count). The smallest absolute Gasteiger partial charge is 0.120 e. The van der Waals surface area contributed by atoms with Crippen LogP contribution in [-0.2, 0) is 4.74 Å². The van der Waals surface area contributed by atoms with Crippen LogP contribution in [0.25, 0.3) is 0 Å². The summed E-state index contributed by atoms with van der Waals surface area (Å²) in [7, 11) is 2.17. The largest absolute Gasteiger partial charge is 0.468 e. The van der Waals surface area contributed by atoms with E-state index in [2.05, 4.69) is 24.2 Å². The summed E-state index contributed by atoms with van der Waals surface area (Å²) >= 11 is 0. The Kier molecular flexibility index (Phi) is 4.59. The standard InChI is InChI=1S/C13H22N2O2/c1-11(13-4-3-8-17-13)14-6-7-15(2)12-5-9-16-10-12/h3-4,8,11-12,14H,5-7,9-10H2,1-2H3. The van der Waals surface area contributed by atoms with E-state index >= 15 is 0 Å². The molecule has 1 fully saturated rings. The maximum atomic E-state index is 5.39. The molecule has 0 amide bonds. The van der Waals surface area contributed by atoms with Gasteiger partial charge in [0.15, 0.2) is 0 Å². The van der Waals surface area contributed by atoms with Crippen LogP contribution in [0, 0.1) is 0 Å². The highest BCUT2D eigenvalue weighted by Gasteiger charge is 2.19. The molecule has 0 saturated carbocycles. The van der Waals surface area contributed by atoms with E-state index in [1.54, 1.807) is 6.26 Å². The molecule has 1 N–H and O–H groups in total. The van der Waals surface area contributed by atoms with Crippen LogP contribution in [0.3, 0.4) is 0 Å². The van der Waals surface area contributed by atoms with Gasteiger partial charge in [-0.25, -0.2) is 0 Å².